The van der Waals surface area contributed by atoms with Gasteiger partial charge < -0.3 is 9.47 Å². The molecule has 1 aromatic rings. The number of benzene rings is 1. The summed E-state index contributed by atoms with van der Waals surface area (Å²) in [5.74, 6) is 0.00556. The average Bonchev–Trinajstić information content (AvgIpc) is 2.52. The van der Waals surface area contributed by atoms with Crippen LogP contribution in [0.15, 0.2) is 29.3 Å². The largest absolute Gasteiger partial charge is 0.444 e. The minimum absolute atomic E-state index is 0.133. The molecule has 0 saturated carbocycles. The number of hydrogen-bond acceptors (Lipinski definition) is 6. The van der Waals surface area contributed by atoms with Gasteiger partial charge in [-0.15, -0.1) is 0 Å². The molecule has 0 aromatic heterocycles. The molecule has 1 aromatic carbocycles. The van der Waals surface area contributed by atoms with E-state index in [9.17, 15) is 14.4 Å². The number of Topliss-reactive ketones (excluding diaryl/α,β-unsaturated/α-hetero) is 1. The summed E-state index contributed by atoms with van der Waals surface area (Å²) in [7, 11) is 0. The summed E-state index contributed by atoms with van der Waals surface area (Å²) in [6.45, 7) is 12.2. The minimum atomic E-state index is -0.766. The number of aliphatic imine (C=N–C) groups is 1. The summed E-state index contributed by atoms with van der Waals surface area (Å²) in [5, 5.41) is 4.83. The van der Waals surface area contributed by atoms with Crippen molar-refractivity contribution in [3.63, 3.8) is 0 Å². The van der Waals surface area contributed by atoms with Crippen molar-refractivity contribution >= 4 is 29.6 Å². The zero-order chi connectivity index (χ0) is 22.2. The minimum Gasteiger partial charge on any atom is -0.444 e. The molecule has 0 spiro atoms. The maximum Gasteiger partial charge on any atom is 0.414 e. The number of alkyl carbamates (subject to hydrolysis) is 2. The summed E-state index contributed by atoms with van der Waals surface area (Å²) >= 11 is 0. The molecule has 2 N–H and O–H groups in total. The Morgan fingerprint density at radius 2 is 1.31 bits per heavy atom. The molecule has 0 fully saturated rings. The molecule has 0 radical (unpaired) electrons. The molecule has 0 saturated heterocycles. The third kappa shape index (κ3) is 10.9. The number of carbonyl (C=O) groups excluding carboxylic acids is 3. The van der Waals surface area contributed by atoms with Gasteiger partial charge in [-0.25, -0.2) is 14.6 Å². The van der Waals surface area contributed by atoms with E-state index in [1.807, 2.05) is 6.92 Å². The second kappa shape index (κ2) is 10.0. The van der Waals surface area contributed by atoms with Gasteiger partial charge in [-0.1, -0.05) is 19.1 Å². The van der Waals surface area contributed by atoms with Gasteiger partial charge in [0.15, 0.2) is 0 Å². The molecule has 8 heteroatoms. The highest BCUT2D eigenvalue weighted by atomic mass is 16.6. The topological polar surface area (TPSA) is 106 Å². The van der Waals surface area contributed by atoms with Crippen LogP contribution >= 0.6 is 0 Å². The van der Waals surface area contributed by atoms with Crippen molar-refractivity contribution in [2.45, 2.75) is 72.5 Å². The molecule has 0 aliphatic carbocycles. The lowest BCUT2D eigenvalue weighted by Gasteiger charge is -2.22. The van der Waals surface area contributed by atoms with Gasteiger partial charge in [0.05, 0.1) is 5.69 Å². The number of ether oxygens (including phenoxy) is 2. The van der Waals surface area contributed by atoms with Crippen LogP contribution in [0.3, 0.4) is 0 Å². The Morgan fingerprint density at radius 1 is 0.862 bits per heavy atom. The summed E-state index contributed by atoms with van der Waals surface area (Å²) in [6, 6.07) is 6.91. The van der Waals surface area contributed by atoms with E-state index >= 15 is 0 Å². The normalized spacial score (nSPS) is 11.3. The predicted molar refractivity (Wildman–Crippen MR) is 111 cm³/mol. The van der Waals surface area contributed by atoms with E-state index in [4.69, 9.17) is 9.47 Å². The molecule has 0 aliphatic heterocycles. The molecule has 0 heterocycles. The number of amides is 2. The maximum atomic E-state index is 12.1. The molecule has 160 valence electrons. The molecule has 29 heavy (non-hydrogen) atoms. The van der Waals surface area contributed by atoms with Crippen molar-refractivity contribution in [3.8, 4) is 0 Å². The van der Waals surface area contributed by atoms with Crippen molar-refractivity contribution < 1.29 is 23.9 Å². The monoisotopic (exact) mass is 405 g/mol. The second-order valence-corrected chi connectivity index (χ2v) is 8.45. The van der Waals surface area contributed by atoms with Gasteiger partial charge in [-0.3, -0.25) is 15.4 Å². The summed E-state index contributed by atoms with van der Waals surface area (Å²) in [6.07, 6.45) is -0.710. The van der Waals surface area contributed by atoms with E-state index in [1.165, 1.54) is 0 Å². The zero-order valence-electron chi connectivity index (χ0n) is 18.2. The zero-order valence-corrected chi connectivity index (χ0v) is 18.2. The van der Waals surface area contributed by atoms with E-state index in [0.29, 0.717) is 18.5 Å². The lowest BCUT2D eigenvalue weighted by atomic mass is 10.1. The Bertz CT molecular complexity index is 724. The molecule has 0 atom stereocenters. The Labute approximate surface area is 172 Å². The molecular formula is C21H31N3O5. The fourth-order valence-electron chi connectivity index (χ4n) is 2.06. The van der Waals surface area contributed by atoms with Crippen molar-refractivity contribution in [3.05, 3.63) is 29.8 Å². The number of nitrogens with one attached hydrogen (secondary N) is 2. The van der Waals surface area contributed by atoms with E-state index in [0.717, 1.165) is 5.56 Å². The standard InChI is InChI=1S/C21H31N3O5/c1-8-16(25)13-14-9-11-15(12-10-14)22-17(23-18(26)28-20(2,3)4)24-19(27)29-21(5,6)7/h9-12H,8,13H2,1-7H3,(H2,22,23,24,26,27). The number of ketones is 1. The van der Waals surface area contributed by atoms with Crippen LogP contribution in [0.2, 0.25) is 0 Å². The summed E-state index contributed by atoms with van der Waals surface area (Å²) in [5.41, 5.74) is -0.0965. The third-order valence-electron chi connectivity index (χ3n) is 3.21. The van der Waals surface area contributed by atoms with Gasteiger partial charge in [0, 0.05) is 12.8 Å². The molecular weight excluding hydrogens is 374 g/mol. The number of guanidine groups is 1. The quantitative estimate of drug-likeness (QED) is 0.575. The van der Waals surface area contributed by atoms with E-state index in [-0.39, 0.29) is 11.7 Å². The fourth-order valence-corrected chi connectivity index (χ4v) is 2.06. The van der Waals surface area contributed by atoms with Crippen LogP contribution < -0.4 is 10.6 Å². The third-order valence-corrected chi connectivity index (χ3v) is 3.21. The van der Waals surface area contributed by atoms with E-state index < -0.39 is 23.4 Å². The Balaban J connectivity index is 3.00. The van der Waals surface area contributed by atoms with Crippen LogP contribution in [0.5, 0.6) is 0 Å². The SMILES string of the molecule is CCC(=O)Cc1ccc(N=C(NC(=O)OC(C)(C)C)NC(=O)OC(C)(C)C)cc1. The van der Waals surface area contributed by atoms with Crippen LogP contribution in [-0.4, -0.2) is 35.1 Å². The number of carbonyl (C=O) groups is 3. The number of rotatable bonds is 4. The first-order chi connectivity index (χ1) is 13.3. The lowest BCUT2D eigenvalue weighted by molar-refractivity contribution is -0.118. The van der Waals surface area contributed by atoms with Gasteiger partial charge in [-0.05, 0) is 59.2 Å². The van der Waals surface area contributed by atoms with Crippen molar-refractivity contribution in [1.29, 1.82) is 0 Å². The van der Waals surface area contributed by atoms with Gasteiger partial charge in [0.2, 0.25) is 5.96 Å². The molecule has 0 bridgehead atoms. The van der Waals surface area contributed by atoms with Crippen LogP contribution in [0.1, 0.15) is 60.5 Å². The van der Waals surface area contributed by atoms with Crippen molar-refractivity contribution in [2.75, 3.05) is 0 Å². The number of hydrogen-bond donors (Lipinski definition) is 2. The van der Waals surface area contributed by atoms with Crippen LogP contribution in [0.4, 0.5) is 15.3 Å². The van der Waals surface area contributed by atoms with Gasteiger partial charge >= 0.3 is 12.2 Å². The van der Waals surface area contributed by atoms with Crippen LogP contribution in [0, 0.1) is 0 Å². The summed E-state index contributed by atoms with van der Waals surface area (Å²) in [4.78, 5) is 40.0. The van der Waals surface area contributed by atoms with Gasteiger partial charge in [0.25, 0.3) is 0 Å². The van der Waals surface area contributed by atoms with Crippen LogP contribution in [0.25, 0.3) is 0 Å². The molecule has 0 aliphatic rings. The first-order valence-electron chi connectivity index (χ1n) is 9.47. The Kier molecular flexibility index (Phi) is 8.36. The van der Waals surface area contributed by atoms with Crippen molar-refractivity contribution in [1.82, 2.24) is 10.6 Å². The van der Waals surface area contributed by atoms with Crippen molar-refractivity contribution in [2.24, 2.45) is 4.99 Å². The smallest absolute Gasteiger partial charge is 0.414 e. The highest BCUT2D eigenvalue weighted by molar-refractivity contribution is 6.02. The predicted octanol–water partition coefficient (Wildman–Crippen LogP) is 4.25. The van der Waals surface area contributed by atoms with E-state index in [2.05, 4.69) is 15.6 Å². The first-order valence-corrected chi connectivity index (χ1v) is 9.47. The highest BCUT2D eigenvalue weighted by Gasteiger charge is 2.21. The van der Waals surface area contributed by atoms with Crippen LogP contribution in [-0.2, 0) is 20.7 Å². The molecule has 0 unspecified atom stereocenters. The molecule has 2 amide bonds. The Morgan fingerprint density at radius 3 is 1.69 bits per heavy atom. The fraction of sp³-hybridized carbons (Fsp3) is 0.524. The van der Waals surface area contributed by atoms with E-state index in [1.54, 1.807) is 65.8 Å². The molecule has 8 nitrogen and oxygen atoms in total. The maximum absolute atomic E-state index is 12.1. The number of nitrogens with zero attached hydrogens (tertiary/aromatic N) is 1. The average molecular weight is 405 g/mol. The Hall–Kier alpha value is -2.90. The highest BCUT2D eigenvalue weighted by Crippen LogP contribution is 2.14. The first kappa shape index (κ1) is 24.1. The second-order valence-electron chi connectivity index (χ2n) is 8.45. The summed E-state index contributed by atoms with van der Waals surface area (Å²) < 4.78 is 10.4. The molecule has 1 rings (SSSR count). The lowest BCUT2D eigenvalue weighted by Crippen LogP contribution is -2.47. The van der Waals surface area contributed by atoms with Gasteiger partial charge in [0.1, 0.15) is 17.0 Å². The van der Waals surface area contributed by atoms with Gasteiger partial charge in [-0.2, -0.15) is 0 Å².